The van der Waals surface area contributed by atoms with Gasteiger partial charge in [-0.3, -0.25) is 4.68 Å². The predicted molar refractivity (Wildman–Crippen MR) is 108 cm³/mol. The van der Waals surface area contributed by atoms with Crippen LogP contribution in [0, 0.1) is 24.1 Å². The number of rotatable bonds is 4. The van der Waals surface area contributed by atoms with Gasteiger partial charge >= 0.3 is 0 Å². The number of aromatic nitrogens is 3. The van der Waals surface area contributed by atoms with E-state index < -0.39 is 0 Å². The van der Waals surface area contributed by atoms with E-state index in [-0.39, 0.29) is 18.2 Å². The Hall–Kier alpha value is -3.44. The molecule has 0 bridgehead atoms. The van der Waals surface area contributed by atoms with Crippen LogP contribution < -0.4 is 10.6 Å². The molecule has 7 nitrogen and oxygen atoms in total. The summed E-state index contributed by atoms with van der Waals surface area (Å²) in [5.74, 6) is -0.0942. The molecule has 0 saturated carbocycles. The van der Waals surface area contributed by atoms with E-state index in [4.69, 9.17) is 5.73 Å². The number of halogens is 1. The molecule has 0 spiro atoms. The molecule has 4 rings (SSSR count). The summed E-state index contributed by atoms with van der Waals surface area (Å²) in [6.45, 7) is 3.19. The van der Waals surface area contributed by atoms with E-state index >= 15 is 0 Å². The Kier molecular flexibility index (Phi) is 4.91. The zero-order valence-corrected chi connectivity index (χ0v) is 16.1. The Labute approximate surface area is 167 Å². The third-order valence-corrected chi connectivity index (χ3v) is 5.23. The number of hydrogen-bond acceptors (Lipinski definition) is 6. The average Bonchev–Trinajstić information content (AvgIpc) is 3.07. The Morgan fingerprint density at radius 1 is 1.34 bits per heavy atom. The van der Waals surface area contributed by atoms with Crippen molar-refractivity contribution in [1.29, 1.82) is 5.26 Å². The Balaban J connectivity index is 1.88. The van der Waals surface area contributed by atoms with Crippen LogP contribution in [0.2, 0.25) is 0 Å². The molecule has 0 saturated heterocycles. The van der Waals surface area contributed by atoms with Gasteiger partial charge in [0.1, 0.15) is 23.3 Å². The molecular formula is C21H21FN6O. The number of aliphatic hydroxyl groups is 1. The van der Waals surface area contributed by atoms with E-state index in [9.17, 15) is 14.8 Å². The number of hydrogen-bond donors (Lipinski definition) is 2. The second-order valence-electron chi connectivity index (χ2n) is 7.02. The van der Waals surface area contributed by atoms with Gasteiger partial charge in [0, 0.05) is 42.4 Å². The van der Waals surface area contributed by atoms with E-state index in [0.717, 1.165) is 22.5 Å². The molecule has 3 N–H and O–H groups in total. The molecule has 0 fully saturated rings. The van der Waals surface area contributed by atoms with Gasteiger partial charge in [0.2, 0.25) is 0 Å². The fourth-order valence-electron chi connectivity index (χ4n) is 3.88. The number of aryl methyl sites for hydroxylation is 1. The van der Waals surface area contributed by atoms with Crippen LogP contribution >= 0.6 is 0 Å². The fraction of sp³-hybridized carbons (Fsp3) is 0.286. The second-order valence-corrected chi connectivity index (χ2v) is 7.02. The minimum absolute atomic E-state index is 0.0384. The summed E-state index contributed by atoms with van der Waals surface area (Å²) in [5.41, 5.74) is 10.8. The van der Waals surface area contributed by atoms with Crippen molar-refractivity contribution in [3.05, 3.63) is 58.8 Å². The summed E-state index contributed by atoms with van der Waals surface area (Å²) >= 11 is 0. The second kappa shape index (κ2) is 7.53. The quantitative estimate of drug-likeness (QED) is 0.707. The monoisotopic (exact) mass is 392 g/mol. The third kappa shape index (κ3) is 3.30. The standard InChI is InChI=1S/C21H21FN6O/c1-13-15(12-28(26-13)8-9-29)20-14(10-23)21(24)25-18-6-7-27(11-16(18)20)19-5-3-2-4-17(19)22/h2-5,12,29H,6-9,11H2,1H3,(H2,24,25). The Bertz CT molecular complexity index is 1120. The molecule has 29 heavy (non-hydrogen) atoms. The number of fused-ring (bicyclic) bond motifs is 1. The molecule has 148 valence electrons. The summed E-state index contributed by atoms with van der Waals surface area (Å²) in [4.78, 5) is 6.41. The SMILES string of the molecule is Cc1nn(CCO)cc1-c1c(C#N)c(N)nc2c1CN(c1ccccc1F)CC2. The van der Waals surface area contributed by atoms with Crippen molar-refractivity contribution in [2.24, 2.45) is 0 Å². The van der Waals surface area contributed by atoms with E-state index in [2.05, 4.69) is 16.2 Å². The summed E-state index contributed by atoms with van der Waals surface area (Å²) < 4.78 is 16.0. The first-order valence-corrected chi connectivity index (χ1v) is 9.39. The van der Waals surface area contributed by atoms with Gasteiger partial charge < -0.3 is 15.7 Å². The number of nitrogens with two attached hydrogens (primary N) is 1. The van der Waals surface area contributed by atoms with Crippen molar-refractivity contribution in [2.45, 2.75) is 26.4 Å². The van der Waals surface area contributed by atoms with Crippen LogP contribution in [0.15, 0.2) is 30.5 Å². The number of benzene rings is 1. The molecule has 2 aromatic heterocycles. The lowest BCUT2D eigenvalue weighted by molar-refractivity contribution is 0.269. The third-order valence-electron chi connectivity index (χ3n) is 5.23. The largest absolute Gasteiger partial charge is 0.394 e. The highest BCUT2D eigenvalue weighted by atomic mass is 19.1. The molecular weight excluding hydrogens is 371 g/mol. The molecule has 1 aliphatic rings. The lowest BCUT2D eigenvalue weighted by Crippen LogP contribution is -2.32. The fourth-order valence-corrected chi connectivity index (χ4v) is 3.88. The lowest BCUT2D eigenvalue weighted by Gasteiger charge is -2.32. The molecule has 1 aromatic carbocycles. The minimum Gasteiger partial charge on any atom is -0.394 e. The summed E-state index contributed by atoms with van der Waals surface area (Å²) in [7, 11) is 0. The van der Waals surface area contributed by atoms with Crippen LogP contribution in [0.4, 0.5) is 15.9 Å². The number of aliphatic hydroxyl groups excluding tert-OH is 1. The first kappa shape index (κ1) is 18.9. The number of anilines is 2. The van der Waals surface area contributed by atoms with Crippen molar-refractivity contribution in [2.75, 3.05) is 23.8 Å². The van der Waals surface area contributed by atoms with Crippen molar-refractivity contribution in [1.82, 2.24) is 14.8 Å². The van der Waals surface area contributed by atoms with E-state index in [1.54, 1.807) is 22.9 Å². The minimum atomic E-state index is -0.284. The topological polar surface area (TPSA) is 104 Å². The van der Waals surface area contributed by atoms with Gasteiger partial charge in [-0.2, -0.15) is 10.4 Å². The predicted octanol–water partition coefficient (Wildman–Crippen LogP) is 2.40. The van der Waals surface area contributed by atoms with Gasteiger partial charge in [-0.15, -0.1) is 0 Å². The summed E-state index contributed by atoms with van der Waals surface area (Å²) in [5, 5.41) is 23.4. The average molecular weight is 392 g/mol. The molecule has 8 heteroatoms. The highest BCUT2D eigenvalue weighted by Gasteiger charge is 2.28. The Morgan fingerprint density at radius 3 is 2.86 bits per heavy atom. The van der Waals surface area contributed by atoms with Crippen LogP contribution in [-0.4, -0.2) is 33.0 Å². The van der Waals surface area contributed by atoms with Crippen molar-refractivity contribution >= 4 is 11.5 Å². The number of pyridine rings is 1. The zero-order valence-electron chi connectivity index (χ0n) is 16.1. The van der Waals surface area contributed by atoms with Crippen LogP contribution in [-0.2, 0) is 19.5 Å². The summed E-state index contributed by atoms with van der Waals surface area (Å²) in [6.07, 6.45) is 2.40. The highest BCUT2D eigenvalue weighted by Crippen LogP contribution is 2.37. The number of nitrogens with zero attached hydrogens (tertiary/aromatic N) is 5. The first-order valence-electron chi connectivity index (χ1n) is 9.39. The van der Waals surface area contributed by atoms with E-state index in [0.29, 0.717) is 42.9 Å². The molecule has 0 atom stereocenters. The van der Waals surface area contributed by atoms with Crippen LogP contribution in [0.1, 0.15) is 22.5 Å². The molecule has 3 aromatic rings. The van der Waals surface area contributed by atoms with Crippen LogP contribution in [0.3, 0.4) is 0 Å². The molecule has 3 heterocycles. The molecule has 0 amide bonds. The van der Waals surface area contributed by atoms with E-state index in [1.165, 1.54) is 6.07 Å². The molecule has 0 aliphatic carbocycles. The highest BCUT2D eigenvalue weighted by molar-refractivity contribution is 5.80. The van der Waals surface area contributed by atoms with Crippen LogP contribution in [0.25, 0.3) is 11.1 Å². The van der Waals surface area contributed by atoms with Crippen LogP contribution in [0.5, 0.6) is 0 Å². The number of nitrogen functional groups attached to an aromatic ring is 1. The maximum Gasteiger partial charge on any atom is 0.146 e. The van der Waals surface area contributed by atoms with Crippen molar-refractivity contribution in [3.8, 4) is 17.2 Å². The van der Waals surface area contributed by atoms with Crippen molar-refractivity contribution in [3.63, 3.8) is 0 Å². The van der Waals surface area contributed by atoms with E-state index in [1.807, 2.05) is 18.0 Å². The van der Waals surface area contributed by atoms with Gasteiger partial charge in [0.25, 0.3) is 0 Å². The van der Waals surface area contributed by atoms with Gasteiger partial charge in [-0.1, -0.05) is 12.1 Å². The Morgan fingerprint density at radius 2 is 2.14 bits per heavy atom. The van der Waals surface area contributed by atoms with Gasteiger partial charge in [-0.05, 0) is 19.1 Å². The molecule has 0 radical (unpaired) electrons. The van der Waals surface area contributed by atoms with Crippen molar-refractivity contribution < 1.29 is 9.50 Å². The first-order chi connectivity index (χ1) is 14.0. The molecule has 1 aliphatic heterocycles. The number of nitriles is 1. The number of para-hydroxylation sites is 1. The normalized spacial score (nSPS) is 13.2. The lowest BCUT2D eigenvalue weighted by atomic mass is 9.91. The maximum absolute atomic E-state index is 14.4. The smallest absolute Gasteiger partial charge is 0.146 e. The van der Waals surface area contributed by atoms with Gasteiger partial charge in [-0.25, -0.2) is 9.37 Å². The van der Waals surface area contributed by atoms with Gasteiger partial charge in [0.15, 0.2) is 0 Å². The van der Waals surface area contributed by atoms with Gasteiger partial charge in [0.05, 0.1) is 30.2 Å². The maximum atomic E-state index is 14.4. The summed E-state index contributed by atoms with van der Waals surface area (Å²) in [6, 6.07) is 8.84. The molecule has 0 unspecified atom stereocenters. The zero-order chi connectivity index (χ0) is 20.5.